The first kappa shape index (κ1) is 63.1. The predicted octanol–water partition coefficient (Wildman–Crippen LogP) is 19.2. The van der Waals surface area contributed by atoms with Crippen LogP contribution in [0.2, 0.25) is 0 Å². The van der Waals surface area contributed by atoms with E-state index in [9.17, 15) is 9.59 Å². The van der Waals surface area contributed by atoms with E-state index < -0.39 is 6.10 Å². The quantitative estimate of drug-likeness (QED) is 0.0346. The molecule has 0 spiro atoms. The summed E-state index contributed by atoms with van der Waals surface area (Å²) in [5.41, 5.74) is 0. The van der Waals surface area contributed by atoms with Crippen molar-refractivity contribution in [3.63, 3.8) is 0 Å². The third-order valence-corrected chi connectivity index (χ3v) is 11.9. The van der Waals surface area contributed by atoms with Gasteiger partial charge in [0.25, 0.3) is 0 Å². The van der Waals surface area contributed by atoms with Gasteiger partial charge in [-0.05, 0) is 116 Å². The lowest BCUT2D eigenvalue weighted by atomic mass is 10.1. The van der Waals surface area contributed by atoms with E-state index in [0.29, 0.717) is 19.4 Å². The summed E-state index contributed by atoms with van der Waals surface area (Å²) in [5, 5.41) is 0. The van der Waals surface area contributed by atoms with E-state index in [0.717, 1.165) is 96.3 Å². The van der Waals surface area contributed by atoms with Crippen LogP contribution in [0.15, 0.2) is 85.1 Å². The second-order valence-electron chi connectivity index (χ2n) is 18.4. The molecule has 0 aromatic heterocycles. The Morgan fingerprint density at radius 2 is 0.682 bits per heavy atom. The fourth-order valence-corrected chi connectivity index (χ4v) is 7.70. The Kier molecular flexibility index (Phi) is 53.9. The van der Waals surface area contributed by atoms with Crippen molar-refractivity contribution in [2.75, 3.05) is 19.8 Å². The van der Waals surface area contributed by atoms with Crippen molar-refractivity contribution in [1.29, 1.82) is 0 Å². The zero-order valence-corrected chi connectivity index (χ0v) is 43.7. The summed E-state index contributed by atoms with van der Waals surface area (Å²) in [6.45, 7) is 7.65. The highest BCUT2D eigenvalue weighted by atomic mass is 16.6. The van der Waals surface area contributed by atoms with Crippen molar-refractivity contribution in [1.82, 2.24) is 0 Å². The van der Waals surface area contributed by atoms with E-state index in [1.54, 1.807) is 0 Å². The molecular weight excluding hydrogens is 813 g/mol. The average Bonchev–Trinajstić information content (AvgIpc) is 3.32. The molecular formula is C61H106O5. The summed E-state index contributed by atoms with van der Waals surface area (Å²) in [4.78, 5) is 25.5. The van der Waals surface area contributed by atoms with E-state index in [1.165, 1.54) is 135 Å². The summed E-state index contributed by atoms with van der Waals surface area (Å²) in [6, 6.07) is 0. The molecule has 0 fully saturated rings. The van der Waals surface area contributed by atoms with Gasteiger partial charge in [0.2, 0.25) is 0 Å². The van der Waals surface area contributed by atoms with E-state index in [2.05, 4.69) is 106 Å². The number of ether oxygens (including phenoxy) is 3. The molecule has 0 aliphatic heterocycles. The van der Waals surface area contributed by atoms with Gasteiger partial charge in [-0.15, -0.1) is 0 Å². The molecule has 0 amide bonds. The molecule has 380 valence electrons. The van der Waals surface area contributed by atoms with E-state index in [4.69, 9.17) is 14.2 Å². The summed E-state index contributed by atoms with van der Waals surface area (Å²) in [6.07, 6.45) is 74.5. The Morgan fingerprint density at radius 1 is 0.348 bits per heavy atom. The topological polar surface area (TPSA) is 61.8 Å². The Morgan fingerprint density at radius 3 is 1.09 bits per heavy atom. The van der Waals surface area contributed by atoms with Crippen LogP contribution in [0.3, 0.4) is 0 Å². The minimum atomic E-state index is -0.555. The second-order valence-corrected chi connectivity index (χ2v) is 18.4. The Bertz CT molecular complexity index is 1220. The largest absolute Gasteiger partial charge is 0.462 e. The van der Waals surface area contributed by atoms with Gasteiger partial charge in [-0.2, -0.15) is 0 Å². The molecule has 0 N–H and O–H groups in total. The molecule has 0 radical (unpaired) electrons. The van der Waals surface area contributed by atoms with Crippen molar-refractivity contribution in [2.45, 2.75) is 271 Å². The molecule has 0 aliphatic rings. The van der Waals surface area contributed by atoms with Crippen LogP contribution >= 0.6 is 0 Å². The molecule has 0 saturated heterocycles. The lowest BCUT2D eigenvalue weighted by molar-refractivity contribution is -0.163. The monoisotopic (exact) mass is 919 g/mol. The van der Waals surface area contributed by atoms with Gasteiger partial charge in [0, 0.05) is 19.4 Å². The number of unbranched alkanes of at least 4 members (excludes halogenated alkanes) is 26. The van der Waals surface area contributed by atoms with Gasteiger partial charge >= 0.3 is 11.9 Å². The van der Waals surface area contributed by atoms with E-state index >= 15 is 0 Å². The van der Waals surface area contributed by atoms with E-state index in [1.807, 2.05) is 0 Å². The maximum Gasteiger partial charge on any atom is 0.306 e. The third kappa shape index (κ3) is 53.7. The lowest BCUT2D eigenvalue weighted by Crippen LogP contribution is -2.30. The number of carbonyl (C=O) groups is 2. The molecule has 0 rings (SSSR count). The van der Waals surface area contributed by atoms with Crippen LogP contribution < -0.4 is 0 Å². The lowest BCUT2D eigenvalue weighted by Gasteiger charge is -2.18. The Hall–Kier alpha value is -2.92. The standard InChI is InChI=1S/C61H106O5/c1-4-7-10-13-16-19-22-25-28-30-32-35-38-41-44-47-50-53-56-64-57-59(66-61(63)55-52-49-46-43-40-37-33-27-24-21-18-15-12-9-6-3)58-65-60(62)54-51-48-45-42-39-36-34-31-29-26-23-20-17-14-11-8-5-2/h8,11,16-21,25-29,33,59H,4-7,9-10,12-15,22-24,30-32,34-58H2,1-3H3/b11-8-,19-16-,20-17-,21-18-,28-25-,29-26-,33-27-. The highest BCUT2D eigenvalue weighted by Crippen LogP contribution is 2.14. The number of carbonyl (C=O) groups excluding carboxylic acids is 2. The number of hydrogen-bond donors (Lipinski definition) is 0. The number of allylic oxidation sites excluding steroid dienone is 14. The maximum atomic E-state index is 12.8. The highest BCUT2D eigenvalue weighted by Gasteiger charge is 2.17. The molecule has 0 aromatic carbocycles. The Labute approximate surface area is 409 Å². The summed E-state index contributed by atoms with van der Waals surface area (Å²) < 4.78 is 17.5. The van der Waals surface area contributed by atoms with Gasteiger partial charge in [0.1, 0.15) is 6.61 Å². The zero-order chi connectivity index (χ0) is 47.7. The fourth-order valence-electron chi connectivity index (χ4n) is 7.70. The minimum Gasteiger partial charge on any atom is -0.462 e. The van der Waals surface area contributed by atoms with Crippen LogP contribution in [0, 0.1) is 0 Å². The summed E-state index contributed by atoms with van der Waals surface area (Å²) >= 11 is 0. The zero-order valence-electron chi connectivity index (χ0n) is 43.7. The van der Waals surface area contributed by atoms with Crippen molar-refractivity contribution in [3.05, 3.63) is 85.1 Å². The Balaban J connectivity index is 4.32. The molecule has 0 aliphatic carbocycles. The van der Waals surface area contributed by atoms with Crippen LogP contribution in [-0.2, 0) is 23.8 Å². The van der Waals surface area contributed by atoms with Gasteiger partial charge in [0.05, 0.1) is 6.61 Å². The maximum absolute atomic E-state index is 12.8. The second kappa shape index (κ2) is 56.4. The molecule has 1 atom stereocenters. The van der Waals surface area contributed by atoms with Crippen LogP contribution in [0.5, 0.6) is 0 Å². The molecule has 5 nitrogen and oxygen atoms in total. The highest BCUT2D eigenvalue weighted by molar-refractivity contribution is 5.70. The summed E-state index contributed by atoms with van der Waals surface area (Å²) in [5.74, 6) is -0.424. The van der Waals surface area contributed by atoms with E-state index in [-0.39, 0.29) is 25.2 Å². The van der Waals surface area contributed by atoms with Crippen molar-refractivity contribution in [2.24, 2.45) is 0 Å². The smallest absolute Gasteiger partial charge is 0.306 e. The predicted molar refractivity (Wildman–Crippen MR) is 288 cm³/mol. The molecule has 0 aromatic rings. The third-order valence-electron chi connectivity index (χ3n) is 11.9. The van der Waals surface area contributed by atoms with Crippen molar-refractivity contribution in [3.8, 4) is 0 Å². The van der Waals surface area contributed by atoms with Crippen LogP contribution in [-0.4, -0.2) is 37.9 Å². The van der Waals surface area contributed by atoms with Crippen LogP contribution in [0.4, 0.5) is 0 Å². The van der Waals surface area contributed by atoms with Gasteiger partial charge in [-0.3, -0.25) is 9.59 Å². The first-order chi connectivity index (χ1) is 32.6. The SMILES string of the molecule is CC/C=C\C/C=C\C/C=C\CCCCCCCCCC(=O)OCC(COCCCCCCCCCC/C=C\C/C=C\CCCCC)OC(=O)CCCCCCC/C=C\C/C=C\CCCCC. The van der Waals surface area contributed by atoms with Gasteiger partial charge in [-0.25, -0.2) is 0 Å². The number of esters is 2. The van der Waals surface area contributed by atoms with Gasteiger partial charge < -0.3 is 14.2 Å². The van der Waals surface area contributed by atoms with Crippen LogP contribution in [0.1, 0.15) is 265 Å². The molecule has 0 bridgehead atoms. The van der Waals surface area contributed by atoms with Gasteiger partial charge in [-0.1, -0.05) is 221 Å². The minimum absolute atomic E-state index is 0.0692. The van der Waals surface area contributed by atoms with Crippen molar-refractivity contribution < 1.29 is 23.8 Å². The fraction of sp³-hybridized carbons (Fsp3) is 0.738. The first-order valence-corrected chi connectivity index (χ1v) is 28.1. The number of rotatable bonds is 51. The normalized spacial score (nSPS) is 12.8. The molecule has 0 heterocycles. The summed E-state index contributed by atoms with van der Waals surface area (Å²) in [7, 11) is 0. The molecule has 5 heteroatoms. The molecule has 66 heavy (non-hydrogen) atoms. The first-order valence-electron chi connectivity index (χ1n) is 28.1. The van der Waals surface area contributed by atoms with Crippen LogP contribution in [0.25, 0.3) is 0 Å². The van der Waals surface area contributed by atoms with Gasteiger partial charge in [0.15, 0.2) is 6.10 Å². The number of hydrogen-bond acceptors (Lipinski definition) is 5. The molecule has 0 saturated carbocycles. The molecule has 1 unspecified atom stereocenters. The van der Waals surface area contributed by atoms with Crippen molar-refractivity contribution >= 4 is 11.9 Å². The average molecular weight is 920 g/mol.